The predicted octanol–water partition coefficient (Wildman–Crippen LogP) is 4.64. The maximum absolute atomic E-state index is 16.4. The summed E-state index contributed by atoms with van der Waals surface area (Å²) in [5.41, 5.74) is 1.06. The number of aromatic nitrogens is 3. The van der Waals surface area contributed by atoms with Gasteiger partial charge in [0.15, 0.2) is 5.82 Å². The predicted molar refractivity (Wildman–Crippen MR) is 159 cm³/mol. The highest BCUT2D eigenvalue weighted by Gasteiger charge is 2.34. The minimum absolute atomic E-state index is 0.101. The zero-order valence-electron chi connectivity index (χ0n) is 22.8. The lowest BCUT2D eigenvalue weighted by Gasteiger charge is -2.39. The number of fused-ring (bicyclic) bond motifs is 2. The van der Waals surface area contributed by atoms with Crippen LogP contribution in [0.3, 0.4) is 0 Å². The minimum atomic E-state index is -0.536. The van der Waals surface area contributed by atoms with Crippen LogP contribution in [-0.4, -0.2) is 89.1 Å². The molecule has 2 saturated heterocycles. The number of carbonyl (C=O) groups excluding carboxylic acids is 1. The Morgan fingerprint density at radius 1 is 1.24 bits per heavy atom. The third-order valence-electron chi connectivity index (χ3n) is 8.01. The van der Waals surface area contributed by atoms with Gasteiger partial charge in [-0.2, -0.15) is 9.97 Å². The van der Waals surface area contributed by atoms with Gasteiger partial charge in [-0.3, -0.25) is 9.78 Å². The van der Waals surface area contributed by atoms with Gasteiger partial charge in [0.2, 0.25) is 12.5 Å². The average molecular weight is 572 g/mol. The van der Waals surface area contributed by atoms with Crippen LogP contribution in [-0.2, 0) is 4.79 Å². The fourth-order valence-corrected chi connectivity index (χ4v) is 6.61. The number of likely N-dealkylation sites (N-methyl/N-ethyl adjacent to an activating group) is 1. The molecule has 0 radical (unpaired) electrons. The Morgan fingerprint density at radius 2 is 2.12 bits per heavy atom. The van der Waals surface area contributed by atoms with E-state index in [1.54, 1.807) is 22.4 Å². The van der Waals surface area contributed by atoms with Gasteiger partial charge in [-0.1, -0.05) is 18.7 Å². The van der Waals surface area contributed by atoms with Crippen molar-refractivity contribution >= 4 is 44.1 Å². The number of carbonyl (C=O) groups is 1. The summed E-state index contributed by atoms with van der Waals surface area (Å²) in [6.45, 7) is 13.8. The van der Waals surface area contributed by atoms with Crippen molar-refractivity contribution < 1.29 is 13.9 Å². The Balaban J connectivity index is 1.43. The first-order chi connectivity index (χ1) is 20.0. The normalized spacial score (nSPS) is 19.5. The van der Waals surface area contributed by atoms with Gasteiger partial charge in [-0.25, -0.2) is 11.0 Å². The number of piperazine rings is 1. The van der Waals surface area contributed by atoms with E-state index in [9.17, 15) is 4.79 Å². The molecule has 1 aromatic carbocycles. The standard InChI is InChI=1S/C30H30FN7O2S/c1-4-25(39)38-13-12-37(17-20(38)15-32-2)29-23-16-33-27(22-8-5-9-24-21(22)10-14-41-24)26(31)28(23)34-30(35-29)40-18-19-7-6-11-36(19)3/h4-5,8-10,14,16,19-20H,1,6-7,11-13,15,17-18H2,3H3/t19-,20-/m0/s1. The van der Waals surface area contributed by atoms with E-state index in [1.165, 1.54) is 6.08 Å². The Hall–Kier alpha value is -4.14. The molecule has 2 fully saturated rings. The molecule has 2 aliphatic rings. The van der Waals surface area contributed by atoms with Crippen LogP contribution in [0.4, 0.5) is 10.2 Å². The van der Waals surface area contributed by atoms with Gasteiger partial charge in [-0.15, -0.1) is 11.3 Å². The number of anilines is 1. The summed E-state index contributed by atoms with van der Waals surface area (Å²) in [4.78, 5) is 35.8. The van der Waals surface area contributed by atoms with Crippen LogP contribution in [0.1, 0.15) is 12.8 Å². The van der Waals surface area contributed by atoms with E-state index < -0.39 is 5.82 Å². The van der Waals surface area contributed by atoms with Crippen molar-refractivity contribution in [1.29, 1.82) is 0 Å². The number of nitrogens with zero attached hydrogens (tertiary/aromatic N) is 7. The first kappa shape index (κ1) is 27.1. The van der Waals surface area contributed by atoms with Crippen LogP contribution in [0.25, 0.3) is 37.1 Å². The van der Waals surface area contributed by atoms with Crippen LogP contribution in [0.2, 0.25) is 0 Å². The molecule has 41 heavy (non-hydrogen) atoms. The second-order valence-corrected chi connectivity index (χ2v) is 11.4. The number of likely N-dealkylation sites (tertiary alicyclic amines) is 1. The summed E-state index contributed by atoms with van der Waals surface area (Å²) in [5, 5.41) is 3.37. The third kappa shape index (κ3) is 5.09. The number of rotatable bonds is 7. The molecular formula is C30H30FN7O2S. The fourth-order valence-electron chi connectivity index (χ4n) is 5.79. The van der Waals surface area contributed by atoms with Gasteiger partial charge < -0.3 is 24.3 Å². The Bertz CT molecular complexity index is 1670. The lowest BCUT2D eigenvalue weighted by atomic mass is 10.1. The summed E-state index contributed by atoms with van der Waals surface area (Å²) >= 11 is 1.59. The molecular weight excluding hydrogens is 541 g/mol. The van der Waals surface area contributed by atoms with E-state index in [2.05, 4.69) is 33.3 Å². The number of amides is 1. The molecule has 11 heteroatoms. The SMILES string of the molecule is [C-]#[N+]C[C@H]1CN(c2nc(OC[C@@H]3CCCN3C)nc3c(F)c(-c4cccc5sccc45)ncc23)CCN1C(=O)C=C. The molecule has 0 spiro atoms. The number of pyridine rings is 1. The van der Waals surface area contributed by atoms with E-state index in [0.717, 1.165) is 29.5 Å². The second-order valence-electron chi connectivity index (χ2n) is 10.4. The maximum atomic E-state index is 16.4. The Labute approximate surface area is 241 Å². The summed E-state index contributed by atoms with van der Waals surface area (Å²) in [6.07, 6.45) is 5.01. The molecule has 0 N–H and O–H groups in total. The highest BCUT2D eigenvalue weighted by molar-refractivity contribution is 7.17. The largest absolute Gasteiger partial charge is 0.462 e. The zero-order chi connectivity index (χ0) is 28.5. The summed E-state index contributed by atoms with van der Waals surface area (Å²) in [6, 6.07) is 7.73. The van der Waals surface area contributed by atoms with Gasteiger partial charge in [-0.05, 0) is 50.0 Å². The number of ether oxygens (including phenoxy) is 1. The molecule has 2 atom stereocenters. The van der Waals surface area contributed by atoms with Crippen molar-refractivity contribution in [1.82, 2.24) is 24.8 Å². The van der Waals surface area contributed by atoms with Gasteiger partial charge >= 0.3 is 6.01 Å². The first-order valence-electron chi connectivity index (χ1n) is 13.7. The second kappa shape index (κ2) is 11.4. The molecule has 5 heterocycles. The summed E-state index contributed by atoms with van der Waals surface area (Å²) < 4.78 is 23.6. The minimum Gasteiger partial charge on any atom is -0.462 e. The average Bonchev–Trinajstić information content (AvgIpc) is 3.64. The highest BCUT2D eigenvalue weighted by atomic mass is 32.1. The van der Waals surface area contributed by atoms with Crippen LogP contribution >= 0.6 is 11.3 Å². The smallest absolute Gasteiger partial charge is 0.319 e. The van der Waals surface area contributed by atoms with E-state index >= 15 is 4.39 Å². The van der Waals surface area contributed by atoms with Crippen LogP contribution in [0.5, 0.6) is 6.01 Å². The van der Waals surface area contributed by atoms with Crippen molar-refractivity contribution in [2.45, 2.75) is 24.9 Å². The van der Waals surface area contributed by atoms with Crippen molar-refractivity contribution in [2.24, 2.45) is 0 Å². The molecule has 4 aromatic rings. The first-order valence-corrected chi connectivity index (χ1v) is 14.5. The summed E-state index contributed by atoms with van der Waals surface area (Å²) in [7, 11) is 2.07. The molecule has 0 aliphatic carbocycles. The van der Waals surface area contributed by atoms with Gasteiger partial charge in [0.05, 0.1) is 5.39 Å². The van der Waals surface area contributed by atoms with Crippen LogP contribution in [0, 0.1) is 12.4 Å². The molecule has 3 aromatic heterocycles. The van der Waals surface area contributed by atoms with Crippen LogP contribution < -0.4 is 9.64 Å². The number of thiophene rings is 1. The topological polar surface area (TPSA) is 79.1 Å². The zero-order valence-corrected chi connectivity index (χ0v) is 23.6. The number of benzene rings is 1. The third-order valence-corrected chi connectivity index (χ3v) is 8.89. The van der Waals surface area contributed by atoms with Crippen molar-refractivity contribution in [3.05, 3.63) is 65.7 Å². The molecule has 1 amide bonds. The van der Waals surface area contributed by atoms with Gasteiger partial charge in [0.1, 0.15) is 29.7 Å². The van der Waals surface area contributed by atoms with E-state index in [-0.39, 0.29) is 41.8 Å². The van der Waals surface area contributed by atoms with E-state index in [1.807, 2.05) is 34.5 Å². The molecule has 9 nitrogen and oxygen atoms in total. The number of hydrogen-bond acceptors (Lipinski definition) is 8. The Kier molecular flexibility index (Phi) is 7.51. The fraction of sp³-hybridized carbons (Fsp3) is 0.367. The monoisotopic (exact) mass is 571 g/mol. The summed E-state index contributed by atoms with van der Waals surface area (Å²) in [5.74, 6) is -0.265. The quantitative estimate of drug-likeness (QED) is 0.236. The van der Waals surface area contributed by atoms with E-state index in [0.29, 0.717) is 43.0 Å². The number of halogens is 1. The van der Waals surface area contributed by atoms with Crippen molar-refractivity contribution in [3.8, 4) is 17.3 Å². The molecule has 0 unspecified atom stereocenters. The molecule has 0 saturated carbocycles. The van der Waals surface area contributed by atoms with Gasteiger partial charge in [0, 0.05) is 47.5 Å². The molecule has 0 bridgehead atoms. The number of hydrogen-bond donors (Lipinski definition) is 0. The van der Waals surface area contributed by atoms with E-state index in [4.69, 9.17) is 16.3 Å². The van der Waals surface area contributed by atoms with Gasteiger partial charge in [0.25, 0.3) is 0 Å². The Morgan fingerprint density at radius 3 is 2.90 bits per heavy atom. The van der Waals surface area contributed by atoms with Crippen molar-refractivity contribution in [2.75, 3.05) is 51.3 Å². The lowest BCUT2D eigenvalue weighted by molar-refractivity contribution is -0.128. The lowest BCUT2D eigenvalue weighted by Crippen LogP contribution is -2.56. The molecule has 210 valence electrons. The van der Waals surface area contributed by atoms with Crippen molar-refractivity contribution in [3.63, 3.8) is 0 Å². The molecule has 2 aliphatic heterocycles. The van der Waals surface area contributed by atoms with Crippen LogP contribution in [0.15, 0.2) is 48.5 Å². The molecule has 6 rings (SSSR count). The highest BCUT2D eigenvalue weighted by Crippen LogP contribution is 2.36. The maximum Gasteiger partial charge on any atom is 0.319 e.